The van der Waals surface area contributed by atoms with E-state index in [4.69, 9.17) is 5.21 Å². The number of carbonyl (C=O) groups is 1. The number of anilines is 2. The van der Waals surface area contributed by atoms with Gasteiger partial charge in [-0.15, -0.1) is 0 Å². The van der Waals surface area contributed by atoms with E-state index in [2.05, 4.69) is 29.9 Å². The van der Waals surface area contributed by atoms with E-state index < -0.39 is 5.91 Å². The number of benzene rings is 1. The number of hydrogen-bond acceptors (Lipinski definition) is 4. The Morgan fingerprint density at radius 1 is 1.42 bits per heavy atom. The van der Waals surface area contributed by atoms with Gasteiger partial charge in [-0.25, -0.2) is 5.48 Å². The average Bonchev–Trinajstić information content (AvgIpc) is 2.91. The Labute approximate surface area is 142 Å². The third-order valence-electron chi connectivity index (χ3n) is 3.83. The van der Waals surface area contributed by atoms with Crippen LogP contribution in [-0.4, -0.2) is 24.3 Å². The Kier molecular flexibility index (Phi) is 6.40. The van der Waals surface area contributed by atoms with Crippen molar-refractivity contribution in [2.75, 3.05) is 17.3 Å². The van der Waals surface area contributed by atoms with Gasteiger partial charge in [-0.1, -0.05) is 43.0 Å². The van der Waals surface area contributed by atoms with Gasteiger partial charge in [0.2, 0.25) is 0 Å². The molecule has 1 aliphatic rings. The molecule has 0 saturated heterocycles. The second-order valence-corrected chi connectivity index (χ2v) is 5.48. The number of hydroxylamine groups is 1. The van der Waals surface area contributed by atoms with Gasteiger partial charge in [0.05, 0.1) is 17.5 Å². The van der Waals surface area contributed by atoms with Crippen LogP contribution >= 0.6 is 0 Å². The van der Waals surface area contributed by atoms with Gasteiger partial charge in [0.25, 0.3) is 5.91 Å². The highest BCUT2D eigenvalue weighted by Crippen LogP contribution is 2.35. The van der Waals surface area contributed by atoms with E-state index in [1.807, 2.05) is 36.4 Å². The molecule has 1 amide bonds. The zero-order valence-electron chi connectivity index (χ0n) is 13.8. The third-order valence-corrected chi connectivity index (χ3v) is 3.83. The zero-order valence-corrected chi connectivity index (χ0v) is 13.8. The van der Waals surface area contributed by atoms with Crippen LogP contribution < -0.4 is 15.7 Å². The minimum atomic E-state index is -0.544. The number of allylic oxidation sites excluding steroid dienone is 5. The highest BCUT2D eigenvalue weighted by atomic mass is 16.5. The maximum atomic E-state index is 11.1. The fourth-order valence-electron chi connectivity index (χ4n) is 2.56. The molecule has 5 nitrogen and oxygen atoms in total. The Hall–Kier alpha value is -2.79. The summed E-state index contributed by atoms with van der Waals surface area (Å²) in [4.78, 5) is 13.3. The molecular formula is C19H23N3O2. The zero-order chi connectivity index (χ0) is 17.4. The second kappa shape index (κ2) is 8.74. The Morgan fingerprint density at radius 3 is 3.00 bits per heavy atom. The topological polar surface area (TPSA) is 64.6 Å². The molecule has 24 heavy (non-hydrogen) atoms. The van der Waals surface area contributed by atoms with E-state index in [0.717, 1.165) is 29.8 Å². The van der Waals surface area contributed by atoms with Crippen molar-refractivity contribution in [3.63, 3.8) is 0 Å². The number of nitrogens with zero attached hydrogens (tertiary/aromatic N) is 1. The molecule has 0 radical (unpaired) electrons. The first-order valence-electron chi connectivity index (χ1n) is 7.85. The molecule has 1 aromatic rings. The summed E-state index contributed by atoms with van der Waals surface area (Å²) in [7, 11) is 2.05. The van der Waals surface area contributed by atoms with Crippen molar-refractivity contribution in [2.24, 2.45) is 0 Å². The lowest BCUT2D eigenvalue weighted by atomic mass is 10.1. The van der Waals surface area contributed by atoms with Crippen molar-refractivity contribution in [3.8, 4) is 0 Å². The van der Waals surface area contributed by atoms with Crippen LogP contribution in [0.15, 0.2) is 61.2 Å². The smallest absolute Gasteiger partial charge is 0.267 e. The molecule has 0 aliphatic carbocycles. The number of fused-ring (bicyclic) bond motifs is 1. The Bertz CT molecular complexity index is 677. The first-order chi connectivity index (χ1) is 11.7. The number of rotatable bonds is 7. The fraction of sp³-hybridized carbons (Fsp3) is 0.211. The van der Waals surface area contributed by atoms with Gasteiger partial charge >= 0.3 is 0 Å². The van der Waals surface area contributed by atoms with Gasteiger partial charge in [-0.05, 0) is 36.6 Å². The van der Waals surface area contributed by atoms with Gasteiger partial charge in [-0.3, -0.25) is 10.0 Å². The van der Waals surface area contributed by atoms with Crippen LogP contribution in [0.1, 0.15) is 18.4 Å². The molecule has 1 aliphatic heterocycles. The lowest BCUT2D eigenvalue weighted by Gasteiger charge is -2.21. The molecule has 1 atom stereocenters. The van der Waals surface area contributed by atoms with Crippen LogP contribution in [0.2, 0.25) is 0 Å². The van der Waals surface area contributed by atoms with Crippen molar-refractivity contribution in [3.05, 3.63) is 66.8 Å². The lowest BCUT2D eigenvalue weighted by Crippen LogP contribution is -2.31. The molecule has 5 heteroatoms. The highest BCUT2D eigenvalue weighted by molar-refractivity contribution is 5.91. The molecule has 1 heterocycles. The molecule has 0 fully saturated rings. The van der Waals surface area contributed by atoms with Gasteiger partial charge in [0.15, 0.2) is 0 Å². The quantitative estimate of drug-likeness (QED) is 0.311. The average molecular weight is 325 g/mol. The summed E-state index contributed by atoms with van der Waals surface area (Å²) in [5, 5.41) is 12.0. The first kappa shape index (κ1) is 17.6. The molecule has 1 unspecified atom stereocenters. The lowest BCUT2D eigenvalue weighted by molar-refractivity contribution is -0.124. The van der Waals surface area contributed by atoms with Gasteiger partial charge in [0.1, 0.15) is 0 Å². The maximum absolute atomic E-state index is 11.1. The van der Waals surface area contributed by atoms with Gasteiger partial charge in [-0.2, -0.15) is 0 Å². The molecule has 0 spiro atoms. The molecule has 0 bridgehead atoms. The molecule has 1 aromatic carbocycles. The van der Waals surface area contributed by atoms with Crippen molar-refractivity contribution < 1.29 is 10.0 Å². The number of amides is 1. The van der Waals surface area contributed by atoms with Crippen LogP contribution in [0.3, 0.4) is 0 Å². The maximum Gasteiger partial charge on any atom is 0.267 e. The predicted molar refractivity (Wildman–Crippen MR) is 98.9 cm³/mol. The summed E-state index contributed by atoms with van der Waals surface area (Å²) in [6, 6.07) is 5.96. The first-order valence-corrected chi connectivity index (χ1v) is 7.85. The van der Waals surface area contributed by atoms with Crippen LogP contribution in [0, 0.1) is 0 Å². The van der Waals surface area contributed by atoms with Crippen molar-refractivity contribution in [1.29, 1.82) is 0 Å². The molecule has 0 aromatic heterocycles. The summed E-state index contributed by atoms with van der Waals surface area (Å²) >= 11 is 0. The third kappa shape index (κ3) is 4.60. The standard InChI is InChI=1S/C19H23N3O2/c1-3-4-5-6-7-8-9-18-20-16-12-10-15(11-13-19(23)21-24)14-17(16)22(18)2/h3-7,10-14,18,20,24H,1,8-9H2,2H3,(H,21,23)/b5-4-,7-6+,13-11+. The minimum absolute atomic E-state index is 0.244. The van der Waals surface area contributed by atoms with E-state index in [-0.39, 0.29) is 6.17 Å². The summed E-state index contributed by atoms with van der Waals surface area (Å²) in [5.74, 6) is -0.544. The number of nitrogens with one attached hydrogen (secondary N) is 2. The number of hydrogen-bond donors (Lipinski definition) is 3. The molecule has 3 N–H and O–H groups in total. The van der Waals surface area contributed by atoms with Gasteiger partial charge < -0.3 is 10.2 Å². The minimum Gasteiger partial charge on any atom is -0.364 e. The predicted octanol–water partition coefficient (Wildman–Crippen LogP) is 3.47. The SMILES string of the molecule is C=C/C=C\C=C\CCC1Nc2ccc(/C=C/C(=O)NO)cc2N1C. The normalized spacial score (nSPS) is 16.8. The van der Waals surface area contributed by atoms with E-state index >= 15 is 0 Å². The van der Waals surface area contributed by atoms with E-state index in [9.17, 15) is 4.79 Å². The highest BCUT2D eigenvalue weighted by Gasteiger charge is 2.24. The Morgan fingerprint density at radius 2 is 2.25 bits per heavy atom. The molecule has 126 valence electrons. The monoisotopic (exact) mass is 325 g/mol. The van der Waals surface area contributed by atoms with Crippen LogP contribution in [0.5, 0.6) is 0 Å². The van der Waals surface area contributed by atoms with Crippen molar-refractivity contribution in [2.45, 2.75) is 19.0 Å². The molecular weight excluding hydrogens is 302 g/mol. The largest absolute Gasteiger partial charge is 0.364 e. The van der Waals surface area contributed by atoms with Crippen molar-refractivity contribution >= 4 is 23.4 Å². The summed E-state index contributed by atoms with van der Waals surface area (Å²) in [6.45, 7) is 3.63. The summed E-state index contributed by atoms with van der Waals surface area (Å²) < 4.78 is 0. The van der Waals surface area contributed by atoms with Crippen molar-refractivity contribution in [1.82, 2.24) is 5.48 Å². The van der Waals surface area contributed by atoms with Crippen LogP contribution in [-0.2, 0) is 4.79 Å². The van der Waals surface area contributed by atoms with Crippen LogP contribution in [0.4, 0.5) is 11.4 Å². The van der Waals surface area contributed by atoms with Crippen LogP contribution in [0.25, 0.3) is 6.08 Å². The molecule has 0 saturated carbocycles. The second-order valence-electron chi connectivity index (χ2n) is 5.48. The Balaban J connectivity index is 1.97. The molecule has 2 rings (SSSR count). The number of carbonyl (C=O) groups excluding carboxylic acids is 1. The summed E-state index contributed by atoms with van der Waals surface area (Å²) in [6.07, 6.45) is 15.0. The van der Waals surface area contributed by atoms with E-state index in [1.165, 1.54) is 6.08 Å². The van der Waals surface area contributed by atoms with E-state index in [1.54, 1.807) is 17.6 Å². The van der Waals surface area contributed by atoms with Gasteiger partial charge in [0, 0.05) is 13.1 Å². The fourth-order valence-corrected chi connectivity index (χ4v) is 2.56. The summed E-state index contributed by atoms with van der Waals surface area (Å²) in [5.41, 5.74) is 4.67. The van der Waals surface area contributed by atoms with E-state index in [0.29, 0.717) is 0 Å².